The molecule has 2 atom stereocenters. The minimum absolute atomic E-state index is 0.0503. The molecule has 1 saturated heterocycles. The number of epoxide rings is 1. The summed E-state index contributed by atoms with van der Waals surface area (Å²) in [5, 5.41) is 0. The van der Waals surface area contributed by atoms with Crippen LogP contribution in [0.4, 0.5) is 0 Å². The molecular formula is C12H22O2. The van der Waals surface area contributed by atoms with Gasteiger partial charge in [-0.25, -0.2) is 0 Å². The second-order valence-corrected chi connectivity index (χ2v) is 4.26. The molecule has 1 aliphatic heterocycles. The number of rotatable bonds is 8. The van der Waals surface area contributed by atoms with E-state index < -0.39 is 0 Å². The molecule has 1 heterocycles. The van der Waals surface area contributed by atoms with Crippen LogP contribution in [0.5, 0.6) is 0 Å². The number of hydrogen-bond acceptors (Lipinski definition) is 2. The zero-order valence-electron chi connectivity index (χ0n) is 9.42. The first-order valence-electron chi connectivity index (χ1n) is 5.91. The first-order valence-corrected chi connectivity index (χ1v) is 5.91. The van der Waals surface area contributed by atoms with Crippen molar-refractivity contribution in [2.24, 2.45) is 0 Å². The Hall–Kier alpha value is -0.370. The summed E-state index contributed by atoms with van der Waals surface area (Å²) in [6.45, 7) is 3.85. The monoisotopic (exact) mass is 198 g/mol. The smallest absolute Gasteiger partial charge is 0.161 e. The molecule has 0 saturated carbocycles. The third-order valence-corrected chi connectivity index (χ3v) is 2.83. The molecule has 1 fully saturated rings. The normalized spacial score (nSPS) is 25.0. The molecule has 14 heavy (non-hydrogen) atoms. The van der Waals surface area contributed by atoms with E-state index in [0.717, 1.165) is 6.42 Å². The second-order valence-electron chi connectivity index (χ2n) is 4.26. The summed E-state index contributed by atoms with van der Waals surface area (Å²) in [4.78, 5) is 10.9. The lowest BCUT2D eigenvalue weighted by molar-refractivity contribution is -0.118. The Balaban J connectivity index is 1.84. The first-order chi connectivity index (χ1) is 6.75. The standard InChI is InChI=1S/C12H22O2/c1-3-4-5-6-7-8-9-11-12(14-11)10(2)13/h11-12H,3-9H2,1-2H3. The predicted octanol–water partition coefficient (Wildman–Crippen LogP) is 3.09. The maximum absolute atomic E-state index is 10.9. The molecule has 0 radical (unpaired) electrons. The van der Waals surface area contributed by atoms with E-state index in [-0.39, 0.29) is 18.0 Å². The van der Waals surface area contributed by atoms with Gasteiger partial charge < -0.3 is 4.74 Å². The highest BCUT2D eigenvalue weighted by atomic mass is 16.6. The average molecular weight is 198 g/mol. The highest BCUT2D eigenvalue weighted by molar-refractivity contribution is 5.83. The Morgan fingerprint density at radius 1 is 1.14 bits per heavy atom. The number of hydrogen-bond donors (Lipinski definition) is 0. The molecule has 2 heteroatoms. The van der Waals surface area contributed by atoms with Gasteiger partial charge in [0, 0.05) is 0 Å². The van der Waals surface area contributed by atoms with Gasteiger partial charge in [0.25, 0.3) is 0 Å². The van der Waals surface area contributed by atoms with Crippen LogP contribution < -0.4 is 0 Å². The Morgan fingerprint density at radius 3 is 2.36 bits per heavy atom. The van der Waals surface area contributed by atoms with Crippen molar-refractivity contribution in [3.8, 4) is 0 Å². The Morgan fingerprint density at radius 2 is 1.79 bits per heavy atom. The van der Waals surface area contributed by atoms with E-state index in [1.807, 2.05) is 0 Å². The summed E-state index contributed by atoms with van der Waals surface area (Å²) >= 11 is 0. The van der Waals surface area contributed by atoms with Gasteiger partial charge in [0.2, 0.25) is 0 Å². The van der Waals surface area contributed by atoms with E-state index in [1.165, 1.54) is 38.5 Å². The largest absolute Gasteiger partial charge is 0.361 e. The van der Waals surface area contributed by atoms with Crippen molar-refractivity contribution in [3.63, 3.8) is 0 Å². The minimum atomic E-state index is -0.0503. The van der Waals surface area contributed by atoms with Gasteiger partial charge in [-0.3, -0.25) is 4.79 Å². The zero-order valence-corrected chi connectivity index (χ0v) is 9.42. The number of carbonyl (C=O) groups is 1. The van der Waals surface area contributed by atoms with Crippen molar-refractivity contribution in [2.45, 2.75) is 71.0 Å². The van der Waals surface area contributed by atoms with Crippen LogP contribution in [0.15, 0.2) is 0 Å². The van der Waals surface area contributed by atoms with Gasteiger partial charge in [-0.2, -0.15) is 0 Å². The van der Waals surface area contributed by atoms with Gasteiger partial charge in [0.05, 0.1) is 6.10 Å². The maximum Gasteiger partial charge on any atom is 0.161 e. The summed E-state index contributed by atoms with van der Waals surface area (Å²) in [6, 6.07) is 0. The van der Waals surface area contributed by atoms with Crippen molar-refractivity contribution < 1.29 is 9.53 Å². The molecule has 0 amide bonds. The van der Waals surface area contributed by atoms with Crippen molar-refractivity contribution in [1.29, 1.82) is 0 Å². The van der Waals surface area contributed by atoms with Crippen LogP contribution in [0.1, 0.15) is 58.8 Å². The Bertz CT molecular complexity index is 177. The molecule has 1 rings (SSSR count). The van der Waals surface area contributed by atoms with E-state index in [2.05, 4.69) is 6.92 Å². The van der Waals surface area contributed by atoms with Crippen molar-refractivity contribution in [2.75, 3.05) is 0 Å². The molecule has 0 bridgehead atoms. The topological polar surface area (TPSA) is 29.6 Å². The number of Topliss-reactive ketones (excluding diaryl/α,β-unsaturated/α-hetero) is 1. The lowest BCUT2D eigenvalue weighted by atomic mass is 10.1. The molecule has 2 nitrogen and oxygen atoms in total. The molecule has 0 N–H and O–H groups in total. The molecule has 82 valence electrons. The van der Waals surface area contributed by atoms with Crippen LogP contribution in [-0.2, 0) is 9.53 Å². The van der Waals surface area contributed by atoms with E-state index >= 15 is 0 Å². The van der Waals surface area contributed by atoms with Crippen LogP contribution in [-0.4, -0.2) is 18.0 Å². The first kappa shape index (κ1) is 11.7. The van der Waals surface area contributed by atoms with Crippen molar-refractivity contribution >= 4 is 5.78 Å². The number of ether oxygens (including phenoxy) is 1. The average Bonchev–Trinajstić information content (AvgIpc) is 2.90. The minimum Gasteiger partial charge on any atom is -0.361 e. The highest BCUT2D eigenvalue weighted by Crippen LogP contribution is 2.28. The van der Waals surface area contributed by atoms with Crippen LogP contribution >= 0.6 is 0 Å². The molecule has 0 aliphatic carbocycles. The van der Waals surface area contributed by atoms with Crippen LogP contribution in [0.3, 0.4) is 0 Å². The highest BCUT2D eigenvalue weighted by Gasteiger charge is 2.41. The van der Waals surface area contributed by atoms with E-state index in [0.29, 0.717) is 0 Å². The third kappa shape index (κ3) is 4.23. The van der Waals surface area contributed by atoms with Crippen LogP contribution in [0.25, 0.3) is 0 Å². The van der Waals surface area contributed by atoms with Gasteiger partial charge in [-0.05, 0) is 13.3 Å². The molecule has 0 aromatic heterocycles. The number of unbranched alkanes of at least 4 members (excludes halogenated alkanes) is 5. The number of carbonyl (C=O) groups excluding carboxylic acids is 1. The third-order valence-electron chi connectivity index (χ3n) is 2.83. The van der Waals surface area contributed by atoms with Gasteiger partial charge in [0.1, 0.15) is 6.10 Å². The van der Waals surface area contributed by atoms with Gasteiger partial charge in [-0.15, -0.1) is 0 Å². The quantitative estimate of drug-likeness (QED) is 0.443. The maximum atomic E-state index is 10.9. The predicted molar refractivity (Wildman–Crippen MR) is 57.3 cm³/mol. The Labute approximate surface area is 87.0 Å². The summed E-state index contributed by atoms with van der Waals surface area (Å²) < 4.78 is 5.26. The zero-order chi connectivity index (χ0) is 10.4. The van der Waals surface area contributed by atoms with Crippen molar-refractivity contribution in [3.05, 3.63) is 0 Å². The molecule has 0 spiro atoms. The summed E-state index contributed by atoms with van der Waals surface area (Å²) in [6.07, 6.45) is 9.17. The van der Waals surface area contributed by atoms with E-state index in [1.54, 1.807) is 6.92 Å². The fourth-order valence-corrected chi connectivity index (χ4v) is 1.85. The summed E-state index contributed by atoms with van der Waals surface area (Å²) in [7, 11) is 0. The molecule has 1 aliphatic rings. The fourth-order valence-electron chi connectivity index (χ4n) is 1.85. The molecule has 2 unspecified atom stereocenters. The van der Waals surface area contributed by atoms with E-state index in [9.17, 15) is 4.79 Å². The van der Waals surface area contributed by atoms with Gasteiger partial charge in [0.15, 0.2) is 5.78 Å². The van der Waals surface area contributed by atoms with Gasteiger partial charge in [-0.1, -0.05) is 45.4 Å². The second kappa shape index (κ2) is 6.18. The fraction of sp³-hybridized carbons (Fsp3) is 0.917. The summed E-state index contributed by atoms with van der Waals surface area (Å²) in [5.41, 5.74) is 0. The van der Waals surface area contributed by atoms with Crippen LogP contribution in [0.2, 0.25) is 0 Å². The van der Waals surface area contributed by atoms with Gasteiger partial charge >= 0.3 is 0 Å². The molecular weight excluding hydrogens is 176 g/mol. The lowest BCUT2D eigenvalue weighted by Crippen LogP contribution is -2.04. The Kier molecular flexibility index (Phi) is 5.16. The van der Waals surface area contributed by atoms with Crippen molar-refractivity contribution in [1.82, 2.24) is 0 Å². The van der Waals surface area contributed by atoms with E-state index in [4.69, 9.17) is 4.74 Å². The SMILES string of the molecule is CCCCCCCCC1OC1C(C)=O. The lowest BCUT2D eigenvalue weighted by Gasteiger charge is -1.98. The summed E-state index contributed by atoms with van der Waals surface area (Å²) in [5.74, 6) is 0.195. The molecule has 0 aromatic carbocycles. The molecule has 0 aromatic rings. The van der Waals surface area contributed by atoms with Crippen LogP contribution in [0, 0.1) is 0 Å². The number of ketones is 1.